The highest BCUT2D eigenvalue weighted by Gasteiger charge is 2.12. The van der Waals surface area contributed by atoms with Gasteiger partial charge in [-0.2, -0.15) is 0 Å². The molecule has 0 atom stereocenters. The number of hydrogen-bond acceptors (Lipinski definition) is 2. The molecule has 3 nitrogen and oxygen atoms in total. The van der Waals surface area contributed by atoms with Gasteiger partial charge in [0.2, 0.25) is 5.91 Å². The van der Waals surface area contributed by atoms with Gasteiger partial charge in [-0.15, -0.1) is 0 Å². The second kappa shape index (κ2) is 14.3. The third-order valence-corrected chi connectivity index (χ3v) is 3.82. The van der Waals surface area contributed by atoms with Gasteiger partial charge in [-0.3, -0.25) is 4.79 Å². The SMILES string of the molecule is CCCCCCCCCCCC(=O)N(CCC)CC(N)=S. The Balaban J connectivity index is 3.60. The molecule has 0 aliphatic heterocycles. The zero-order valence-corrected chi connectivity index (χ0v) is 14.8. The minimum atomic E-state index is 0.201. The summed E-state index contributed by atoms with van der Waals surface area (Å²) in [5.41, 5.74) is 5.54. The summed E-state index contributed by atoms with van der Waals surface area (Å²) < 4.78 is 0. The van der Waals surface area contributed by atoms with Gasteiger partial charge in [-0.05, 0) is 12.8 Å². The second-order valence-electron chi connectivity index (χ2n) is 5.86. The Labute approximate surface area is 136 Å². The second-order valence-corrected chi connectivity index (χ2v) is 6.38. The Kier molecular flexibility index (Phi) is 13.9. The van der Waals surface area contributed by atoms with Crippen molar-refractivity contribution in [3.05, 3.63) is 0 Å². The molecule has 4 heteroatoms. The Morgan fingerprint density at radius 2 is 1.43 bits per heavy atom. The number of rotatable bonds is 14. The molecule has 0 fully saturated rings. The van der Waals surface area contributed by atoms with Gasteiger partial charge in [-0.25, -0.2) is 0 Å². The Morgan fingerprint density at radius 3 is 1.90 bits per heavy atom. The smallest absolute Gasteiger partial charge is 0.222 e. The van der Waals surface area contributed by atoms with Gasteiger partial charge >= 0.3 is 0 Å². The molecule has 0 rings (SSSR count). The number of amides is 1. The van der Waals surface area contributed by atoms with Gasteiger partial charge in [-0.1, -0.05) is 77.4 Å². The molecule has 2 N–H and O–H groups in total. The molecule has 21 heavy (non-hydrogen) atoms. The summed E-state index contributed by atoms with van der Waals surface area (Å²) in [7, 11) is 0. The van der Waals surface area contributed by atoms with Crippen LogP contribution in [0.1, 0.15) is 84.5 Å². The van der Waals surface area contributed by atoms with Crippen LogP contribution >= 0.6 is 12.2 Å². The van der Waals surface area contributed by atoms with Crippen LogP contribution in [-0.2, 0) is 4.79 Å². The van der Waals surface area contributed by atoms with Crippen molar-refractivity contribution >= 4 is 23.1 Å². The summed E-state index contributed by atoms with van der Waals surface area (Å²) in [6, 6.07) is 0. The Hall–Kier alpha value is -0.640. The number of carbonyl (C=O) groups excluding carboxylic acids is 1. The lowest BCUT2D eigenvalue weighted by Crippen LogP contribution is -2.38. The van der Waals surface area contributed by atoms with Gasteiger partial charge < -0.3 is 10.6 Å². The number of thiocarbonyl (C=S) groups is 1. The highest BCUT2D eigenvalue weighted by Crippen LogP contribution is 2.11. The average Bonchev–Trinajstić information content (AvgIpc) is 2.44. The molecule has 0 unspecified atom stereocenters. The van der Waals surface area contributed by atoms with Crippen LogP contribution in [-0.4, -0.2) is 28.9 Å². The summed E-state index contributed by atoms with van der Waals surface area (Å²) in [5.74, 6) is 0.201. The van der Waals surface area contributed by atoms with Gasteiger partial charge in [0, 0.05) is 13.0 Å². The quantitative estimate of drug-likeness (QED) is 0.381. The van der Waals surface area contributed by atoms with Crippen LogP contribution in [0, 0.1) is 0 Å². The van der Waals surface area contributed by atoms with Crippen LogP contribution in [0.4, 0.5) is 0 Å². The van der Waals surface area contributed by atoms with Gasteiger partial charge in [0.1, 0.15) is 0 Å². The number of nitrogens with zero attached hydrogens (tertiary/aromatic N) is 1. The average molecular weight is 315 g/mol. The molecule has 0 saturated carbocycles. The third-order valence-electron chi connectivity index (χ3n) is 3.69. The summed E-state index contributed by atoms with van der Waals surface area (Å²) in [5, 5.41) is 0. The predicted octanol–water partition coefficient (Wildman–Crippen LogP) is 4.43. The van der Waals surface area contributed by atoms with Crippen molar-refractivity contribution in [3.63, 3.8) is 0 Å². The molecule has 0 aromatic carbocycles. The van der Waals surface area contributed by atoms with E-state index in [1.807, 2.05) is 0 Å². The highest BCUT2D eigenvalue weighted by atomic mass is 32.1. The van der Waals surface area contributed by atoms with E-state index in [-0.39, 0.29) is 5.91 Å². The lowest BCUT2D eigenvalue weighted by Gasteiger charge is -2.21. The first-order valence-electron chi connectivity index (χ1n) is 8.67. The topological polar surface area (TPSA) is 46.3 Å². The first kappa shape index (κ1) is 20.4. The van der Waals surface area contributed by atoms with Crippen molar-refractivity contribution in [2.45, 2.75) is 84.5 Å². The summed E-state index contributed by atoms with van der Waals surface area (Å²) >= 11 is 4.90. The molecule has 0 bridgehead atoms. The molecule has 1 amide bonds. The van der Waals surface area contributed by atoms with Gasteiger partial charge in [0.05, 0.1) is 11.5 Å². The fourth-order valence-electron chi connectivity index (χ4n) is 2.49. The van der Waals surface area contributed by atoms with E-state index in [0.29, 0.717) is 18.0 Å². The van der Waals surface area contributed by atoms with E-state index in [1.165, 1.54) is 44.9 Å². The summed E-state index contributed by atoms with van der Waals surface area (Å²) in [6.07, 6.45) is 13.1. The standard InChI is InChI=1S/C17H34N2OS/c1-3-5-6-7-8-9-10-11-12-13-17(20)19(14-4-2)15-16(18)21/h3-15H2,1-2H3,(H2,18,21). The van der Waals surface area contributed by atoms with E-state index >= 15 is 0 Å². The van der Waals surface area contributed by atoms with Crippen LogP contribution in [0.5, 0.6) is 0 Å². The van der Waals surface area contributed by atoms with E-state index in [2.05, 4.69) is 13.8 Å². The third kappa shape index (κ3) is 12.8. The van der Waals surface area contributed by atoms with E-state index in [4.69, 9.17) is 18.0 Å². The number of carbonyl (C=O) groups is 1. The molecule has 0 spiro atoms. The molecule has 0 saturated heterocycles. The zero-order chi connectivity index (χ0) is 15.9. The summed E-state index contributed by atoms with van der Waals surface area (Å²) in [4.78, 5) is 14.3. The molecule has 0 aromatic heterocycles. The molecule has 0 radical (unpaired) electrons. The number of nitrogens with two attached hydrogens (primary N) is 1. The maximum atomic E-state index is 12.1. The maximum absolute atomic E-state index is 12.1. The Bertz CT molecular complexity index is 282. The molecule has 0 heterocycles. The van der Waals surface area contributed by atoms with E-state index in [9.17, 15) is 4.79 Å². The fourth-order valence-corrected chi connectivity index (χ4v) is 2.65. The predicted molar refractivity (Wildman–Crippen MR) is 95.5 cm³/mol. The molecular weight excluding hydrogens is 280 g/mol. The molecular formula is C17H34N2OS. The molecule has 0 aromatic rings. The number of unbranched alkanes of at least 4 members (excludes halogenated alkanes) is 8. The van der Waals surface area contributed by atoms with Crippen LogP contribution in [0.15, 0.2) is 0 Å². The van der Waals surface area contributed by atoms with Crippen LogP contribution in [0.3, 0.4) is 0 Å². The van der Waals surface area contributed by atoms with Crippen molar-refractivity contribution in [1.82, 2.24) is 4.90 Å². The lowest BCUT2D eigenvalue weighted by molar-refractivity contribution is -0.130. The molecule has 124 valence electrons. The number of hydrogen-bond donors (Lipinski definition) is 1. The highest BCUT2D eigenvalue weighted by molar-refractivity contribution is 7.80. The Morgan fingerprint density at radius 1 is 0.905 bits per heavy atom. The largest absolute Gasteiger partial charge is 0.392 e. The van der Waals surface area contributed by atoms with E-state index in [0.717, 1.165) is 25.8 Å². The van der Waals surface area contributed by atoms with Gasteiger partial charge in [0.15, 0.2) is 0 Å². The zero-order valence-electron chi connectivity index (χ0n) is 14.0. The van der Waals surface area contributed by atoms with Crippen molar-refractivity contribution in [3.8, 4) is 0 Å². The first-order chi connectivity index (χ1) is 10.1. The van der Waals surface area contributed by atoms with Crippen molar-refractivity contribution < 1.29 is 4.79 Å². The van der Waals surface area contributed by atoms with E-state index in [1.54, 1.807) is 4.90 Å². The molecule has 0 aliphatic carbocycles. The van der Waals surface area contributed by atoms with Crippen LogP contribution in [0.25, 0.3) is 0 Å². The monoisotopic (exact) mass is 314 g/mol. The molecule has 0 aliphatic rings. The van der Waals surface area contributed by atoms with Crippen molar-refractivity contribution in [2.75, 3.05) is 13.1 Å². The normalized spacial score (nSPS) is 10.6. The van der Waals surface area contributed by atoms with E-state index < -0.39 is 0 Å². The van der Waals surface area contributed by atoms with Crippen molar-refractivity contribution in [2.24, 2.45) is 5.73 Å². The summed E-state index contributed by atoms with van der Waals surface area (Å²) in [6.45, 7) is 5.50. The lowest BCUT2D eigenvalue weighted by atomic mass is 10.1. The van der Waals surface area contributed by atoms with Crippen LogP contribution < -0.4 is 5.73 Å². The first-order valence-corrected chi connectivity index (χ1v) is 9.08. The van der Waals surface area contributed by atoms with Gasteiger partial charge in [0.25, 0.3) is 0 Å². The minimum Gasteiger partial charge on any atom is -0.392 e. The van der Waals surface area contributed by atoms with Crippen molar-refractivity contribution in [1.29, 1.82) is 0 Å². The van der Waals surface area contributed by atoms with Crippen LogP contribution in [0.2, 0.25) is 0 Å². The minimum absolute atomic E-state index is 0.201. The fraction of sp³-hybridized carbons (Fsp3) is 0.882. The maximum Gasteiger partial charge on any atom is 0.222 e.